The Kier molecular flexibility index (Phi) is 10.9. The van der Waals surface area contributed by atoms with Crippen LogP contribution in [0.25, 0.3) is 0 Å². The maximum atomic E-state index is 14.1. The van der Waals surface area contributed by atoms with E-state index >= 15 is 0 Å². The van der Waals surface area contributed by atoms with Gasteiger partial charge in [-0.05, 0) is 113 Å². The second-order valence-electron chi connectivity index (χ2n) is 13.4. The van der Waals surface area contributed by atoms with Gasteiger partial charge in [0, 0.05) is 79.0 Å². The molecule has 0 aliphatic carbocycles. The highest BCUT2D eigenvalue weighted by Gasteiger charge is 2.35. The Hall–Kier alpha value is -2.87. The molecule has 5 amide bonds. The number of urea groups is 2. The van der Waals surface area contributed by atoms with Crippen LogP contribution in [0, 0.1) is 0 Å². The highest BCUT2D eigenvalue weighted by atomic mass is 79.9. The molecule has 11 nitrogen and oxygen atoms in total. The predicted molar refractivity (Wildman–Crippen MR) is 191 cm³/mol. The first-order valence-corrected chi connectivity index (χ1v) is 18.4. The van der Waals surface area contributed by atoms with E-state index in [0.717, 1.165) is 64.8 Å². The van der Waals surface area contributed by atoms with E-state index in [1.54, 1.807) is 4.90 Å². The SMILES string of the molecule is CN1CCCN(C2CCN(C(=O)[C@@H](Cc3cc(Br)c(N)c(Br)c3)NC(=O)N3CCC(N4Cc5ccccc5NC4=O)CC3)CC2)CC1. The molecule has 6 rings (SSSR count). The fraction of sp³-hybridized carbons (Fsp3) is 0.559. The lowest BCUT2D eigenvalue weighted by Crippen LogP contribution is -2.57. The Labute approximate surface area is 294 Å². The van der Waals surface area contributed by atoms with Gasteiger partial charge in [-0.25, -0.2) is 9.59 Å². The van der Waals surface area contributed by atoms with Gasteiger partial charge in [0.05, 0.1) is 5.69 Å². The fourth-order valence-corrected chi connectivity index (χ4v) is 8.71. The zero-order chi connectivity index (χ0) is 33.1. The van der Waals surface area contributed by atoms with Crippen LogP contribution in [-0.4, -0.2) is 120 Å². The van der Waals surface area contributed by atoms with E-state index in [2.05, 4.69) is 59.3 Å². The van der Waals surface area contributed by atoms with Gasteiger partial charge in [-0.3, -0.25) is 9.69 Å². The summed E-state index contributed by atoms with van der Waals surface area (Å²) in [5.74, 6) is -0.0463. The van der Waals surface area contributed by atoms with E-state index in [1.165, 1.54) is 6.42 Å². The molecule has 4 N–H and O–H groups in total. The first-order valence-electron chi connectivity index (χ1n) is 16.8. The van der Waals surface area contributed by atoms with Gasteiger partial charge in [-0.1, -0.05) is 18.2 Å². The van der Waals surface area contributed by atoms with Crippen LogP contribution in [-0.2, 0) is 17.8 Å². The van der Waals surface area contributed by atoms with Crippen molar-refractivity contribution in [3.63, 3.8) is 0 Å². The van der Waals surface area contributed by atoms with Gasteiger partial charge in [-0.2, -0.15) is 0 Å². The average Bonchev–Trinajstić information content (AvgIpc) is 3.30. The first-order chi connectivity index (χ1) is 22.7. The van der Waals surface area contributed by atoms with Crippen molar-refractivity contribution >= 4 is 61.2 Å². The van der Waals surface area contributed by atoms with Gasteiger partial charge in [0.2, 0.25) is 5.91 Å². The van der Waals surface area contributed by atoms with Crippen molar-refractivity contribution in [2.24, 2.45) is 0 Å². The maximum absolute atomic E-state index is 14.1. The van der Waals surface area contributed by atoms with Crippen LogP contribution in [0.1, 0.15) is 43.2 Å². The number of nitrogens with one attached hydrogen (secondary N) is 2. The molecule has 254 valence electrons. The Bertz CT molecular complexity index is 1440. The molecule has 3 saturated heterocycles. The van der Waals surface area contributed by atoms with Crippen LogP contribution >= 0.6 is 31.9 Å². The predicted octanol–water partition coefficient (Wildman–Crippen LogP) is 4.56. The van der Waals surface area contributed by atoms with Crippen LogP contribution < -0.4 is 16.4 Å². The smallest absolute Gasteiger partial charge is 0.322 e. The number of fused-ring (bicyclic) bond motifs is 1. The van der Waals surface area contributed by atoms with Crippen molar-refractivity contribution in [1.29, 1.82) is 0 Å². The van der Waals surface area contributed by atoms with Crippen LogP contribution in [0.15, 0.2) is 45.3 Å². The van der Waals surface area contributed by atoms with Crippen molar-refractivity contribution in [3.05, 3.63) is 56.5 Å². The Balaban J connectivity index is 1.09. The number of piperidine rings is 2. The summed E-state index contributed by atoms with van der Waals surface area (Å²) in [7, 11) is 2.19. The van der Waals surface area contributed by atoms with E-state index in [-0.39, 0.29) is 24.0 Å². The van der Waals surface area contributed by atoms with Crippen molar-refractivity contribution in [2.75, 3.05) is 70.5 Å². The van der Waals surface area contributed by atoms with E-state index in [4.69, 9.17) is 5.73 Å². The monoisotopic (exact) mass is 772 g/mol. The van der Waals surface area contributed by atoms with Crippen LogP contribution in [0.2, 0.25) is 0 Å². The summed E-state index contributed by atoms with van der Waals surface area (Å²) in [6, 6.07) is 11.2. The molecular weight excluding hydrogens is 728 g/mol. The minimum absolute atomic E-state index is 0.0419. The summed E-state index contributed by atoms with van der Waals surface area (Å²) in [5.41, 5.74) is 9.59. The zero-order valence-electron chi connectivity index (χ0n) is 27.1. The average molecular weight is 775 g/mol. The van der Waals surface area contributed by atoms with Gasteiger partial charge in [0.15, 0.2) is 0 Å². The molecule has 2 aromatic carbocycles. The quantitative estimate of drug-likeness (QED) is 0.371. The number of rotatable bonds is 6. The molecule has 0 saturated carbocycles. The third kappa shape index (κ3) is 8.06. The van der Waals surface area contributed by atoms with E-state index < -0.39 is 6.04 Å². The van der Waals surface area contributed by atoms with Gasteiger partial charge < -0.3 is 36.0 Å². The number of benzene rings is 2. The zero-order valence-corrected chi connectivity index (χ0v) is 30.3. The number of hydrogen-bond donors (Lipinski definition) is 3. The molecule has 0 unspecified atom stereocenters. The normalized spacial score (nSPS) is 21.2. The number of para-hydroxylation sites is 1. The summed E-state index contributed by atoms with van der Waals surface area (Å²) in [4.78, 5) is 51.3. The third-order valence-corrected chi connectivity index (χ3v) is 11.6. The second-order valence-corrected chi connectivity index (χ2v) is 15.1. The first kappa shape index (κ1) is 34.0. The van der Waals surface area contributed by atoms with Gasteiger partial charge in [0.1, 0.15) is 6.04 Å². The molecule has 47 heavy (non-hydrogen) atoms. The number of likely N-dealkylation sites (tertiary alicyclic amines) is 2. The Morgan fingerprint density at radius 1 is 0.915 bits per heavy atom. The van der Waals surface area contributed by atoms with Gasteiger partial charge in [0.25, 0.3) is 0 Å². The van der Waals surface area contributed by atoms with Crippen LogP contribution in [0.5, 0.6) is 0 Å². The summed E-state index contributed by atoms with van der Waals surface area (Å²) in [5, 5.41) is 6.12. The number of amides is 5. The van der Waals surface area contributed by atoms with Crippen LogP contribution in [0.3, 0.4) is 0 Å². The fourth-order valence-electron chi connectivity index (χ4n) is 7.43. The highest BCUT2D eigenvalue weighted by Crippen LogP contribution is 2.31. The molecule has 2 aromatic rings. The number of carbonyl (C=O) groups excluding carboxylic acids is 3. The standard InChI is InChI=1S/C34H46Br2N8O3/c1-40-11-4-12-41(18-17-40)25-7-13-42(14-8-25)32(45)30(21-23-19-27(35)31(37)28(36)20-23)39-33(46)43-15-9-26(10-16-43)44-22-24-5-2-3-6-29(24)38-34(44)47/h2-3,5-6,19-20,25-26,30H,4,7-18,21-22,37H2,1H3,(H,38,47)(H,39,46)/t30-/m1/s1. The van der Waals surface area contributed by atoms with E-state index in [0.29, 0.717) is 63.7 Å². The van der Waals surface area contributed by atoms with Crippen molar-refractivity contribution in [1.82, 2.24) is 29.8 Å². The highest BCUT2D eigenvalue weighted by molar-refractivity contribution is 9.11. The topological polar surface area (TPSA) is 117 Å². The maximum Gasteiger partial charge on any atom is 0.322 e. The number of likely N-dealkylation sites (N-methyl/N-ethyl adjacent to an activating group) is 1. The number of nitrogen functional groups attached to an aromatic ring is 1. The second kappa shape index (κ2) is 15.1. The van der Waals surface area contributed by atoms with E-state index in [9.17, 15) is 14.4 Å². The molecule has 0 bridgehead atoms. The van der Waals surface area contributed by atoms with Crippen LogP contribution in [0.4, 0.5) is 21.0 Å². The van der Waals surface area contributed by atoms with Crippen molar-refractivity contribution in [2.45, 2.75) is 63.2 Å². The minimum atomic E-state index is -0.713. The molecular formula is C34H46Br2N8O3. The van der Waals surface area contributed by atoms with Crippen molar-refractivity contribution in [3.8, 4) is 0 Å². The number of nitrogens with two attached hydrogens (primary N) is 1. The minimum Gasteiger partial charge on any atom is -0.397 e. The molecule has 4 aliphatic heterocycles. The molecule has 3 fully saturated rings. The molecule has 13 heteroatoms. The molecule has 0 spiro atoms. The summed E-state index contributed by atoms with van der Waals surface area (Å²) in [6.45, 7) is 7.34. The lowest BCUT2D eigenvalue weighted by atomic mass is 9.99. The summed E-state index contributed by atoms with van der Waals surface area (Å²) >= 11 is 7.07. The van der Waals surface area contributed by atoms with Gasteiger partial charge >= 0.3 is 12.1 Å². The number of nitrogens with zero attached hydrogens (tertiary/aromatic N) is 5. The third-order valence-electron chi connectivity index (χ3n) is 10.3. The lowest BCUT2D eigenvalue weighted by Gasteiger charge is -2.41. The van der Waals surface area contributed by atoms with E-state index in [1.807, 2.05) is 46.2 Å². The molecule has 0 radical (unpaired) electrons. The molecule has 4 heterocycles. The number of anilines is 2. The summed E-state index contributed by atoms with van der Waals surface area (Å²) in [6.07, 6.45) is 4.77. The Morgan fingerprint density at radius 2 is 1.57 bits per heavy atom. The number of carbonyl (C=O) groups is 3. The Morgan fingerprint density at radius 3 is 2.30 bits per heavy atom. The molecule has 1 atom stereocenters. The number of hydrogen-bond acceptors (Lipinski definition) is 6. The summed E-state index contributed by atoms with van der Waals surface area (Å²) < 4.78 is 1.49. The molecule has 0 aromatic heterocycles. The largest absolute Gasteiger partial charge is 0.397 e. The molecule has 4 aliphatic rings. The van der Waals surface area contributed by atoms with Gasteiger partial charge in [-0.15, -0.1) is 0 Å². The lowest BCUT2D eigenvalue weighted by molar-refractivity contribution is -0.134. The van der Waals surface area contributed by atoms with Crippen molar-refractivity contribution < 1.29 is 14.4 Å². The number of halogens is 2.